The smallest absolute Gasteiger partial charge is 0.242 e. The molecule has 0 spiro atoms. The van der Waals surface area contributed by atoms with Gasteiger partial charge < -0.3 is 4.79 Å². The Kier molecular flexibility index (Phi) is 2.61. The summed E-state index contributed by atoms with van der Waals surface area (Å²) in [6.45, 7) is 0. The van der Waals surface area contributed by atoms with E-state index in [4.69, 9.17) is 34.8 Å². The molecule has 0 aromatic rings. The van der Waals surface area contributed by atoms with Gasteiger partial charge in [-0.15, -0.1) is 0 Å². The Labute approximate surface area is 59.3 Å². The molecule has 0 rings (SSSR count). The lowest BCUT2D eigenvalue weighted by molar-refractivity contribution is -0.111. The lowest BCUT2D eigenvalue weighted by Gasteiger charge is -2.02. The minimum Gasteiger partial charge on any atom is -0.302 e. The summed E-state index contributed by atoms with van der Waals surface area (Å²) in [7, 11) is 0.293. The monoisotopic (exact) mass is 176 g/mol. The maximum absolute atomic E-state index is 10.1. The van der Waals surface area contributed by atoms with Crippen molar-refractivity contribution in [2.24, 2.45) is 0 Å². The van der Waals surface area contributed by atoms with Crippen molar-refractivity contribution in [2.45, 2.75) is 3.79 Å². The molecule has 0 fully saturated rings. The third-order valence-electron chi connectivity index (χ3n) is 0.399. The van der Waals surface area contributed by atoms with Crippen molar-refractivity contribution in [1.29, 1.82) is 0 Å². The third kappa shape index (κ3) is 3.35. The minimum absolute atomic E-state index is 0.293. The predicted octanol–water partition coefficient (Wildman–Crippen LogP) is 0.249. The number of carbonyl (C=O) groups excluding carboxylic acids is 1. The lowest BCUT2D eigenvalue weighted by Crippen LogP contribution is -2.17. The highest BCUT2D eigenvalue weighted by molar-refractivity contribution is 6.86. The molecule has 5 heteroatoms. The molecular weight excluding hydrogens is 174 g/mol. The van der Waals surface area contributed by atoms with Gasteiger partial charge in [-0.3, -0.25) is 0 Å². The Morgan fingerprint density at radius 2 is 1.57 bits per heavy atom. The van der Waals surface area contributed by atoms with E-state index in [0.717, 1.165) is 0 Å². The van der Waals surface area contributed by atoms with Crippen molar-refractivity contribution >= 4 is 50.5 Å². The van der Waals surface area contributed by atoms with Gasteiger partial charge in [0.2, 0.25) is 3.79 Å². The first-order chi connectivity index (χ1) is 2.94. The van der Waals surface area contributed by atoms with Crippen molar-refractivity contribution < 1.29 is 4.79 Å². The summed E-state index contributed by atoms with van der Waals surface area (Å²) >= 11 is 15.3. The molecule has 0 aromatic carbocycles. The van der Waals surface area contributed by atoms with Crippen molar-refractivity contribution in [3.05, 3.63) is 0 Å². The largest absolute Gasteiger partial charge is 0.302 e. The summed E-state index contributed by atoms with van der Waals surface area (Å²) < 4.78 is -1.66. The molecule has 0 heterocycles. The fourth-order valence-electron chi connectivity index (χ4n) is 0. The molecule has 0 bridgehead atoms. The lowest BCUT2D eigenvalue weighted by atomic mass is 10.9. The van der Waals surface area contributed by atoms with Crippen LogP contribution in [0.1, 0.15) is 0 Å². The van der Waals surface area contributed by atoms with E-state index in [0.29, 0.717) is 10.2 Å². The zero-order valence-corrected chi connectivity index (χ0v) is 7.81. The molecule has 0 atom stereocenters. The minimum atomic E-state index is -1.66. The van der Waals surface area contributed by atoms with Gasteiger partial charge >= 0.3 is 0 Å². The predicted molar refractivity (Wildman–Crippen MR) is 35.2 cm³/mol. The quantitative estimate of drug-likeness (QED) is 0.383. The molecule has 1 nitrogen and oxygen atoms in total. The van der Waals surface area contributed by atoms with Crippen LogP contribution in [0, 0.1) is 0 Å². The molecule has 0 saturated carbocycles. The molecule has 0 unspecified atom stereocenters. The first kappa shape index (κ1) is 7.76. The summed E-state index contributed by atoms with van der Waals surface area (Å²) in [6.07, 6.45) is 0. The van der Waals surface area contributed by atoms with Crippen molar-refractivity contribution in [3.63, 3.8) is 0 Å². The zero-order valence-electron chi connectivity index (χ0n) is 3.54. The van der Waals surface area contributed by atoms with Gasteiger partial charge in [0, 0.05) is 0 Å². The molecule has 0 radical (unpaired) electrons. The van der Waals surface area contributed by atoms with Crippen LogP contribution in [0.3, 0.4) is 0 Å². The van der Waals surface area contributed by atoms with Crippen LogP contribution in [0.15, 0.2) is 0 Å². The van der Waals surface area contributed by atoms with E-state index in [-0.39, 0.29) is 5.41 Å². The molecule has 0 aromatic heterocycles. The molecular formula is C2H3Cl3OSi. The Bertz CT molecular complexity index is 85.4. The van der Waals surface area contributed by atoms with Crippen LogP contribution in [0.25, 0.3) is 0 Å². The van der Waals surface area contributed by atoms with E-state index in [1.165, 1.54) is 0 Å². The SMILES string of the molecule is O=C([SiH3])C(Cl)(Cl)Cl. The Hall–Kier alpha value is 0.757. The number of carbonyl (C=O) groups is 1. The highest BCUT2D eigenvalue weighted by Gasteiger charge is 2.24. The summed E-state index contributed by atoms with van der Waals surface area (Å²) in [6, 6.07) is 0. The first-order valence-electron chi connectivity index (χ1n) is 1.52. The maximum Gasteiger partial charge on any atom is 0.242 e. The van der Waals surface area contributed by atoms with Gasteiger partial charge in [-0.25, -0.2) is 0 Å². The molecule has 0 aliphatic carbocycles. The second-order valence-electron chi connectivity index (χ2n) is 1.05. The van der Waals surface area contributed by atoms with Crippen LogP contribution in [-0.2, 0) is 4.79 Å². The highest BCUT2D eigenvalue weighted by Crippen LogP contribution is 2.25. The first-order valence-corrected chi connectivity index (χ1v) is 3.65. The topological polar surface area (TPSA) is 17.1 Å². The molecule has 7 heavy (non-hydrogen) atoms. The van der Waals surface area contributed by atoms with Gasteiger partial charge in [0.25, 0.3) is 0 Å². The fraction of sp³-hybridized carbons (Fsp3) is 0.500. The van der Waals surface area contributed by atoms with Gasteiger partial charge in [-0.05, 0) is 0 Å². The van der Waals surface area contributed by atoms with Crippen LogP contribution in [0.2, 0.25) is 0 Å². The number of alkyl halides is 3. The number of rotatable bonds is 0. The van der Waals surface area contributed by atoms with Crippen LogP contribution < -0.4 is 0 Å². The van der Waals surface area contributed by atoms with Crippen LogP contribution in [0.5, 0.6) is 0 Å². The zero-order chi connectivity index (χ0) is 6.08. The van der Waals surface area contributed by atoms with Crippen molar-refractivity contribution in [2.75, 3.05) is 0 Å². The molecule has 0 aliphatic rings. The van der Waals surface area contributed by atoms with Gasteiger partial charge in [0.1, 0.15) is 0 Å². The second-order valence-corrected chi connectivity index (χ2v) is 4.24. The van der Waals surface area contributed by atoms with Gasteiger partial charge in [0.05, 0.1) is 10.2 Å². The number of hydrogen-bond acceptors (Lipinski definition) is 1. The average molecular weight is 177 g/mol. The molecule has 0 saturated heterocycles. The van der Waals surface area contributed by atoms with E-state index in [1.54, 1.807) is 0 Å². The second kappa shape index (κ2) is 2.35. The number of hydrogen-bond donors (Lipinski definition) is 0. The van der Waals surface area contributed by atoms with Gasteiger partial charge in [-0.1, -0.05) is 34.8 Å². The Morgan fingerprint density at radius 1 is 1.43 bits per heavy atom. The summed E-state index contributed by atoms with van der Waals surface area (Å²) in [4.78, 5) is 10.1. The Balaban J connectivity index is 3.79. The maximum atomic E-state index is 10.1. The van der Waals surface area contributed by atoms with Crippen LogP contribution >= 0.6 is 34.8 Å². The summed E-state index contributed by atoms with van der Waals surface area (Å²) in [5.74, 6) is 0. The van der Waals surface area contributed by atoms with E-state index < -0.39 is 3.79 Å². The van der Waals surface area contributed by atoms with Crippen LogP contribution in [0.4, 0.5) is 0 Å². The molecule has 0 aliphatic heterocycles. The van der Waals surface area contributed by atoms with Crippen molar-refractivity contribution in [3.8, 4) is 0 Å². The number of halogens is 3. The van der Waals surface area contributed by atoms with E-state index in [2.05, 4.69) is 0 Å². The molecule has 42 valence electrons. The van der Waals surface area contributed by atoms with Crippen LogP contribution in [-0.4, -0.2) is 19.4 Å². The van der Waals surface area contributed by atoms with E-state index in [1.807, 2.05) is 0 Å². The third-order valence-corrected chi connectivity index (χ3v) is 2.90. The molecule has 0 N–H and O–H groups in total. The summed E-state index contributed by atoms with van der Waals surface area (Å²) in [5, 5.41) is -0.322. The standard InChI is InChI=1S/C2H3Cl3OSi/c3-2(4,5)1(6)7/h7H3. The fourth-order valence-corrected chi connectivity index (χ4v) is 0. The van der Waals surface area contributed by atoms with Gasteiger partial charge in [-0.2, -0.15) is 0 Å². The summed E-state index contributed by atoms with van der Waals surface area (Å²) in [5.41, 5.74) is 0. The van der Waals surface area contributed by atoms with E-state index in [9.17, 15) is 4.79 Å². The average Bonchev–Trinajstić information content (AvgIpc) is 1.31. The Morgan fingerprint density at radius 3 is 1.57 bits per heavy atom. The van der Waals surface area contributed by atoms with Gasteiger partial charge in [0.15, 0.2) is 5.41 Å². The molecule has 0 amide bonds. The van der Waals surface area contributed by atoms with Crippen molar-refractivity contribution in [1.82, 2.24) is 0 Å². The highest BCUT2D eigenvalue weighted by atomic mass is 35.6. The normalized spacial score (nSPS) is 11.9. The van der Waals surface area contributed by atoms with E-state index >= 15 is 0 Å².